The van der Waals surface area contributed by atoms with E-state index in [4.69, 9.17) is 9.42 Å². The summed E-state index contributed by atoms with van der Waals surface area (Å²) in [5.41, 5.74) is 2.34. The Balaban J connectivity index is 1.90. The molecule has 0 aliphatic heterocycles. The van der Waals surface area contributed by atoms with E-state index in [-0.39, 0.29) is 5.41 Å². The zero-order chi connectivity index (χ0) is 16.3. The first kappa shape index (κ1) is 16.4. The van der Waals surface area contributed by atoms with Gasteiger partial charge < -0.3 is 14.3 Å². The number of phosphoric acid groups is 1. The van der Waals surface area contributed by atoms with Gasteiger partial charge in [-0.3, -0.25) is 4.57 Å². The molecule has 4 nitrogen and oxygen atoms in total. The highest BCUT2D eigenvalue weighted by molar-refractivity contribution is 7.44. The van der Waals surface area contributed by atoms with Crippen LogP contribution in [-0.4, -0.2) is 11.0 Å². The second kappa shape index (κ2) is 6.58. The van der Waals surface area contributed by atoms with E-state index in [0.29, 0.717) is 12.8 Å². The first-order valence-electron chi connectivity index (χ1n) is 7.83. The van der Waals surface area contributed by atoms with Gasteiger partial charge in [-0.15, -0.1) is 0 Å². The summed E-state index contributed by atoms with van der Waals surface area (Å²) in [5.74, 6) is 0. The Bertz CT molecular complexity index is 631. The van der Waals surface area contributed by atoms with Crippen molar-refractivity contribution in [3.05, 3.63) is 71.8 Å². The van der Waals surface area contributed by atoms with Crippen LogP contribution in [0.2, 0.25) is 0 Å². The summed E-state index contributed by atoms with van der Waals surface area (Å²) in [6, 6.07) is 20.6. The van der Waals surface area contributed by atoms with Crippen molar-refractivity contribution < 1.29 is 18.9 Å². The van der Waals surface area contributed by atoms with Gasteiger partial charge in [0.1, 0.15) is 0 Å². The molecule has 1 atom stereocenters. The fraction of sp³-hybridized carbons (Fsp3) is 0.333. The average molecular weight is 331 g/mol. The minimum Gasteiger partial charge on any atom is -0.756 e. The van der Waals surface area contributed by atoms with E-state index in [1.54, 1.807) is 0 Å². The van der Waals surface area contributed by atoms with E-state index in [9.17, 15) is 9.46 Å². The molecule has 1 saturated carbocycles. The van der Waals surface area contributed by atoms with Gasteiger partial charge in [0.25, 0.3) is 7.82 Å². The fourth-order valence-electron chi connectivity index (χ4n) is 3.64. The molecule has 2 aromatic rings. The van der Waals surface area contributed by atoms with E-state index < -0.39 is 13.9 Å². The van der Waals surface area contributed by atoms with Crippen LogP contribution in [0.15, 0.2) is 60.7 Å². The van der Waals surface area contributed by atoms with E-state index in [1.807, 2.05) is 36.4 Å². The smallest absolute Gasteiger partial charge is 0.265 e. The maximum absolute atomic E-state index is 11.0. The molecule has 0 amide bonds. The third kappa shape index (κ3) is 3.73. The predicted molar refractivity (Wildman–Crippen MR) is 86.8 cm³/mol. The SMILES string of the molecule is O=P([O-])(O)OC1CCC(c2ccccc2)(c2ccccc2)CC1. The standard InChI is InChI=1S/C18H21O4P/c19-23(20,21)22-17-11-13-18(14-12-17,15-7-3-1-4-8-15)16-9-5-2-6-10-16/h1-10,17H,11-14H2,(H2,19,20,21)/p-1. The molecule has 122 valence electrons. The van der Waals surface area contributed by atoms with Crippen molar-refractivity contribution in [2.75, 3.05) is 0 Å². The van der Waals surface area contributed by atoms with Crippen LogP contribution in [0.1, 0.15) is 36.8 Å². The molecular weight excluding hydrogens is 311 g/mol. The first-order valence-corrected chi connectivity index (χ1v) is 9.32. The van der Waals surface area contributed by atoms with E-state index in [0.717, 1.165) is 12.8 Å². The van der Waals surface area contributed by atoms with Gasteiger partial charge in [0.15, 0.2) is 0 Å². The molecule has 5 heteroatoms. The predicted octanol–water partition coefficient (Wildman–Crippen LogP) is 3.39. The Morgan fingerprint density at radius 2 is 1.39 bits per heavy atom. The maximum Gasteiger partial charge on any atom is 0.265 e. The van der Waals surface area contributed by atoms with Gasteiger partial charge in [0.2, 0.25) is 0 Å². The summed E-state index contributed by atoms with van der Waals surface area (Å²) in [5, 5.41) is 0. The lowest BCUT2D eigenvalue weighted by atomic mass is 9.65. The van der Waals surface area contributed by atoms with Crippen LogP contribution in [0.25, 0.3) is 0 Å². The largest absolute Gasteiger partial charge is 0.756 e. The Labute approximate surface area is 136 Å². The van der Waals surface area contributed by atoms with Crippen LogP contribution in [-0.2, 0) is 14.5 Å². The molecule has 0 heterocycles. The topological polar surface area (TPSA) is 69.6 Å². The lowest BCUT2D eigenvalue weighted by molar-refractivity contribution is -0.225. The van der Waals surface area contributed by atoms with Crippen molar-refractivity contribution in [1.82, 2.24) is 0 Å². The lowest BCUT2D eigenvalue weighted by Crippen LogP contribution is -2.35. The van der Waals surface area contributed by atoms with Gasteiger partial charge in [-0.25, -0.2) is 0 Å². The second-order valence-corrected chi connectivity index (χ2v) is 7.24. The minimum atomic E-state index is -4.67. The summed E-state index contributed by atoms with van der Waals surface area (Å²) in [4.78, 5) is 19.9. The third-order valence-corrected chi connectivity index (χ3v) is 5.29. The van der Waals surface area contributed by atoms with Crippen LogP contribution >= 0.6 is 7.82 Å². The number of rotatable bonds is 4. The third-order valence-electron chi connectivity index (χ3n) is 4.72. The average Bonchev–Trinajstić information content (AvgIpc) is 2.56. The highest BCUT2D eigenvalue weighted by Gasteiger charge is 2.39. The van der Waals surface area contributed by atoms with Crippen molar-refractivity contribution in [3.8, 4) is 0 Å². The molecule has 2 aromatic carbocycles. The molecule has 23 heavy (non-hydrogen) atoms. The maximum atomic E-state index is 11.0. The molecule has 0 saturated heterocycles. The normalized spacial score (nSPS) is 20.8. The Morgan fingerprint density at radius 3 is 1.78 bits per heavy atom. The summed E-state index contributed by atoms with van der Waals surface area (Å²) in [6.07, 6.45) is 2.31. The Hall–Kier alpha value is -1.45. The van der Waals surface area contributed by atoms with E-state index >= 15 is 0 Å². The van der Waals surface area contributed by atoms with Crippen molar-refractivity contribution in [3.63, 3.8) is 0 Å². The second-order valence-electron chi connectivity index (χ2n) is 6.09. The van der Waals surface area contributed by atoms with Crippen molar-refractivity contribution in [1.29, 1.82) is 0 Å². The van der Waals surface area contributed by atoms with Crippen LogP contribution in [0, 0.1) is 0 Å². The quantitative estimate of drug-likeness (QED) is 0.872. The summed E-state index contributed by atoms with van der Waals surface area (Å²) in [6.45, 7) is 0. The van der Waals surface area contributed by atoms with Crippen LogP contribution < -0.4 is 4.89 Å². The molecule has 3 rings (SSSR count). The molecular formula is C18H20O4P-. The minimum absolute atomic E-state index is 0.134. The van der Waals surface area contributed by atoms with Gasteiger partial charge in [0, 0.05) is 5.41 Å². The summed E-state index contributed by atoms with van der Waals surface area (Å²) in [7, 11) is -4.67. The van der Waals surface area contributed by atoms with Crippen molar-refractivity contribution >= 4 is 7.82 Å². The van der Waals surface area contributed by atoms with Gasteiger partial charge in [-0.1, -0.05) is 60.7 Å². The number of phosphoric ester groups is 1. The fourth-order valence-corrected chi connectivity index (χ4v) is 4.22. The zero-order valence-corrected chi connectivity index (χ0v) is 13.7. The summed E-state index contributed by atoms with van der Waals surface area (Å²) < 4.78 is 15.8. The lowest BCUT2D eigenvalue weighted by Gasteiger charge is -2.42. The van der Waals surface area contributed by atoms with Crippen LogP contribution in [0.5, 0.6) is 0 Å². The number of hydrogen-bond donors (Lipinski definition) is 1. The highest BCUT2D eigenvalue weighted by atomic mass is 31.2. The van der Waals surface area contributed by atoms with Crippen LogP contribution in [0.4, 0.5) is 0 Å². The Morgan fingerprint density at radius 1 is 0.957 bits per heavy atom. The monoisotopic (exact) mass is 331 g/mol. The molecule has 1 aliphatic carbocycles. The molecule has 1 fully saturated rings. The van der Waals surface area contributed by atoms with Gasteiger partial charge in [0.05, 0.1) is 6.10 Å². The molecule has 1 unspecified atom stereocenters. The number of benzene rings is 2. The van der Waals surface area contributed by atoms with Crippen LogP contribution in [0.3, 0.4) is 0 Å². The number of hydrogen-bond acceptors (Lipinski definition) is 3. The molecule has 0 radical (unpaired) electrons. The molecule has 1 N–H and O–H groups in total. The Kier molecular flexibility index (Phi) is 4.69. The highest BCUT2D eigenvalue weighted by Crippen LogP contribution is 2.47. The van der Waals surface area contributed by atoms with Gasteiger partial charge in [-0.2, -0.15) is 0 Å². The first-order chi connectivity index (χ1) is 11.0. The molecule has 0 bridgehead atoms. The zero-order valence-electron chi connectivity index (χ0n) is 12.8. The van der Waals surface area contributed by atoms with Gasteiger partial charge >= 0.3 is 0 Å². The van der Waals surface area contributed by atoms with Crippen molar-refractivity contribution in [2.24, 2.45) is 0 Å². The molecule has 0 aromatic heterocycles. The van der Waals surface area contributed by atoms with Gasteiger partial charge in [-0.05, 0) is 36.8 Å². The van der Waals surface area contributed by atoms with E-state index in [1.165, 1.54) is 11.1 Å². The van der Waals surface area contributed by atoms with E-state index in [2.05, 4.69) is 24.3 Å². The molecule has 0 spiro atoms. The molecule has 1 aliphatic rings. The summed E-state index contributed by atoms with van der Waals surface area (Å²) >= 11 is 0. The van der Waals surface area contributed by atoms with Crippen molar-refractivity contribution in [2.45, 2.75) is 37.2 Å².